The van der Waals surface area contributed by atoms with Crippen molar-refractivity contribution in [1.29, 1.82) is 0 Å². The molecule has 2 unspecified atom stereocenters. The van der Waals surface area contributed by atoms with Gasteiger partial charge in [0, 0.05) is 6.42 Å². The minimum absolute atomic E-state index is 0.466. The number of nitrogens with two attached hydrogens (primary N) is 1. The Labute approximate surface area is 119 Å². The van der Waals surface area contributed by atoms with Crippen LogP contribution in [0, 0.1) is 5.92 Å². The van der Waals surface area contributed by atoms with Gasteiger partial charge < -0.3 is 10.3 Å². The molecule has 0 aliphatic carbocycles. The topological polar surface area (TPSA) is 64.9 Å². The molecular weight excluding hydrogens is 258 g/mol. The summed E-state index contributed by atoms with van der Waals surface area (Å²) >= 11 is 1.95. The smallest absolute Gasteiger partial charge is 0.226 e. The molecule has 0 spiro atoms. The Balaban J connectivity index is 1.81. The second-order valence-corrected chi connectivity index (χ2v) is 6.63. The van der Waals surface area contributed by atoms with Crippen LogP contribution >= 0.6 is 11.8 Å². The summed E-state index contributed by atoms with van der Waals surface area (Å²) in [7, 11) is 0. The summed E-state index contributed by atoms with van der Waals surface area (Å²) in [6.07, 6.45) is 8.05. The lowest BCUT2D eigenvalue weighted by molar-refractivity contribution is 0.346. The van der Waals surface area contributed by atoms with Gasteiger partial charge in [0.25, 0.3) is 0 Å². The fourth-order valence-electron chi connectivity index (χ4n) is 2.69. The lowest BCUT2D eigenvalue weighted by Crippen LogP contribution is -2.09. The molecule has 5 heteroatoms. The summed E-state index contributed by atoms with van der Waals surface area (Å²) in [5.74, 6) is 3.64. The van der Waals surface area contributed by atoms with Crippen molar-refractivity contribution < 1.29 is 4.52 Å². The van der Waals surface area contributed by atoms with Gasteiger partial charge in [0.2, 0.25) is 5.89 Å². The van der Waals surface area contributed by atoms with Crippen LogP contribution in [0.2, 0.25) is 0 Å². The normalized spacial score (nSPS) is 20.8. The van der Waals surface area contributed by atoms with Crippen LogP contribution < -0.4 is 5.73 Å². The van der Waals surface area contributed by atoms with Crippen LogP contribution in [0.3, 0.4) is 0 Å². The second-order valence-electron chi connectivity index (χ2n) is 5.32. The Bertz CT molecular complexity index is 357. The molecule has 0 radical (unpaired) electrons. The third kappa shape index (κ3) is 4.49. The van der Waals surface area contributed by atoms with Gasteiger partial charge in [-0.15, -0.1) is 0 Å². The van der Waals surface area contributed by atoms with Crippen LogP contribution in [0.15, 0.2) is 4.52 Å². The SMILES string of the molecule is CCCC(CCN)CCc1nc(C2CCCS2)no1. The Morgan fingerprint density at radius 1 is 1.42 bits per heavy atom. The third-order valence-corrected chi connectivity index (χ3v) is 5.11. The molecule has 0 bridgehead atoms. The van der Waals surface area contributed by atoms with E-state index in [0.29, 0.717) is 11.2 Å². The Kier molecular flexibility index (Phi) is 6.17. The van der Waals surface area contributed by atoms with E-state index in [1.807, 2.05) is 11.8 Å². The zero-order chi connectivity index (χ0) is 13.5. The largest absolute Gasteiger partial charge is 0.339 e. The molecule has 1 aromatic heterocycles. The Morgan fingerprint density at radius 2 is 2.32 bits per heavy atom. The predicted molar refractivity (Wildman–Crippen MR) is 79.1 cm³/mol. The summed E-state index contributed by atoms with van der Waals surface area (Å²) in [6, 6.07) is 0. The minimum Gasteiger partial charge on any atom is -0.339 e. The highest BCUT2D eigenvalue weighted by Crippen LogP contribution is 2.38. The average molecular weight is 283 g/mol. The van der Waals surface area contributed by atoms with Crippen LogP contribution in [0.1, 0.15) is 62.4 Å². The summed E-state index contributed by atoms with van der Waals surface area (Å²) in [5.41, 5.74) is 5.66. The molecule has 0 amide bonds. The molecule has 0 saturated carbocycles. The van der Waals surface area contributed by atoms with Crippen molar-refractivity contribution in [1.82, 2.24) is 10.1 Å². The van der Waals surface area contributed by atoms with E-state index in [9.17, 15) is 0 Å². The molecule has 108 valence electrons. The van der Waals surface area contributed by atoms with Crippen LogP contribution in [-0.2, 0) is 6.42 Å². The molecule has 1 aromatic rings. The molecule has 19 heavy (non-hydrogen) atoms. The minimum atomic E-state index is 0.466. The third-order valence-electron chi connectivity index (χ3n) is 3.74. The van der Waals surface area contributed by atoms with Gasteiger partial charge in [0.05, 0.1) is 5.25 Å². The molecule has 0 aromatic carbocycles. The molecule has 4 nitrogen and oxygen atoms in total. The number of aromatic nitrogens is 2. The number of thioether (sulfide) groups is 1. The fraction of sp³-hybridized carbons (Fsp3) is 0.857. The zero-order valence-corrected chi connectivity index (χ0v) is 12.6. The standard InChI is InChI=1S/C14H25N3OS/c1-2-4-11(8-9-15)6-7-13-16-14(17-18-13)12-5-3-10-19-12/h11-12H,2-10,15H2,1H3. The summed E-state index contributed by atoms with van der Waals surface area (Å²) in [5, 5.41) is 4.60. The summed E-state index contributed by atoms with van der Waals surface area (Å²) in [6.45, 7) is 3.00. The maximum Gasteiger partial charge on any atom is 0.226 e. The van der Waals surface area contributed by atoms with Gasteiger partial charge >= 0.3 is 0 Å². The van der Waals surface area contributed by atoms with Gasteiger partial charge in [-0.2, -0.15) is 16.7 Å². The van der Waals surface area contributed by atoms with Gasteiger partial charge in [-0.25, -0.2) is 0 Å². The summed E-state index contributed by atoms with van der Waals surface area (Å²) in [4.78, 5) is 4.55. The molecular formula is C14H25N3OS. The van der Waals surface area contributed by atoms with E-state index in [2.05, 4.69) is 17.1 Å². The van der Waals surface area contributed by atoms with Crippen LogP contribution in [0.5, 0.6) is 0 Å². The maximum atomic E-state index is 5.66. The van der Waals surface area contributed by atoms with Crippen molar-refractivity contribution in [3.63, 3.8) is 0 Å². The van der Waals surface area contributed by atoms with Crippen molar-refractivity contribution in [2.24, 2.45) is 11.7 Å². The molecule has 2 rings (SSSR count). The molecule has 2 heterocycles. The number of hydrogen-bond acceptors (Lipinski definition) is 5. The van der Waals surface area contributed by atoms with Crippen molar-refractivity contribution >= 4 is 11.8 Å². The van der Waals surface area contributed by atoms with Gasteiger partial charge in [-0.1, -0.05) is 24.9 Å². The van der Waals surface area contributed by atoms with Gasteiger partial charge in [-0.05, 0) is 43.9 Å². The summed E-state index contributed by atoms with van der Waals surface area (Å²) < 4.78 is 5.38. The molecule has 1 aliphatic heterocycles. The Morgan fingerprint density at radius 3 is 3.00 bits per heavy atom. The van der Waals surface area contributed by atoms with Gasteiger partial charge in [-0.3, -0.25) is 0 Å². The van der Waals surface area contributed by atoms with Crippen LogP contribution in [0.4, 0.5) is 0 Å². The monoisotopic (exact) mass is 283 g/mol. The van der Waals surface area contributed by atoms with E-state index in [0.717, 1.165) is 37.5 Å². The average Bonchev–Trinajstić information content (AvgIpc) is 3.07. The first-order valence-corrected chi connectivity index (χ1v) is 8.52. The van der Waals surface area contributed by atoms with Crippen molar-refractivity contribution in [2.75, 3.05) is 12.3 Å². The molecule has 1 saturated heterocycles. The number of aryl methyl sites for hydroxylation is 1. The van der Waals surface area contributed by atoms with E-state index >= 15 is 0 Å². The van der Waals surface area contributed by atoms with E-state index < -0.39 is 0 Å². The predicted octanol–water partition coefficient (Wildman–Crippen LogP) is 3.34. The van der Waals surface area contributed by atoms with Crippen LogP contribution in [-0.4, -0.2) is 22.4 Å². The maximum absolute atomic E-state index is 5.66. The molecule has 2 atom stereocenters. The number of rotatable bonds is 8. The first kappa shape index (κ1) is 14.9. The number of hydrogen-bond donors (Lipinski definition) is 1. The Hall–Kier alpha value is -0.550. The molecule has 2 N–H and O–H groups in total. The van der Waals surface area contributed by atoms with E-state index in [-0.39, 0.29) is 0 Å². The highest BCUT2D eigenvalue weighted by atomic mass is 32.2. The lowest BCUT2D eigenvalue weighted by Gasteiger charge is -2.13. The van der Waals surface area contributed by atoms with E-state index in [1.165, 1.54) is 31.4 Å². The first-order valence-electron chi connectivity index (χ1n) is 7.47. The number of nitrogens with zero attached hydrogens (tertiary/aromatic N) is 2. The highest BCUT2D eigenvalue weighted by Gasteiger charge is 2.23. The lowest BCUT2D eigenvalue weighted by atomic mass is 9.94. The quantitative estimate of drug-likeness (QED) is 0.792. The molecule has 1 aliphatic rings. The van der Waals surface area contributed by atoms with Gasteiger partial charge in [0.1, 0.15) is 0 Å². The first-order chi connectivity index (χ1) is 9.33. The van der Waals surface area contributed by atoms with Crippen molar-refractivity contribution in [3.8, 4) is 0 Å². The second kappa shape index (κ2) is 7.90. The zero-order valence-electron chi connectivity index (χ0n) is 11.8. The highest BCUT2D eigenvalue weighted by molar-refractivity contribution is 7.99. The van der Waals surface area contributed by atoms with Gasteiger partial charge in [0.15, 0.2) is 5.82 Å². The fourth-order valence-corrected chi connectivity index (χ4v) is 3.88. The van der Waals surface area contributed by atoms with E-state index in [1.54, 1.807) is 0 Å². The molecule has 1 fully saturated rings. The van der Waals surface area contributed by atoms with Crippen molar-refractivity contribution in [2.45, 2.75) is 57.1 Å². The van der Waals surface area contributed by atoms with E-state index in [4.69, 9.17) is 10.3 Å². The van der Waals surface area contributed by atoms with Crippen LogP contribution in [0.25, 0.3) is 0 Å². The van der Waals surface area contributed by atoms with Crippen molar-refractivity contribution in [3.05, 3.63) is 11.7 Å².